The summed E-state index contributed by atoms with van der Waals surface area (Å²) in [5, 5.41) is 5.22. The zero-order chi connectivity index (χ0) is 14.7. The minimum atomic E-state index is 0.0719. The highest BCUT2D eigenvalue weighted by Crippen LogP contribution is 2.21. The lowest BCUT2D eigenvalue weighted by Crippen LogP contribution is -2.48. The van der Waals surface area contributed by atoms with Crippen LogP contribution in [0.15, 0.2) is 42.5 Å². The van der Waals surface area contributed by atoms with Gasteiger partial charge in [0.15, 0.2) is 0 Å². The van der Waals surface area contributed by atoms with Crippen LogP contribution in [-0.4, -0.2) is 50.2 Å². The number of hydrogen-bond donors (Lipinski definition) is 1. The monoisotopic (exact) mass is 284 g/mol. The Bertz CT molecular complexity index is 634. The largest absolute Gasteiger partial charge is 0.373 e. The molecule has 21 heavy (non-hydrogen) atoms. The van der Waals surface area contributed by atoms with Crippen molar-refractivity contribution in [1.29, 1.82) is 0 Å². The summed E-state index contributed by atoms with van der Waals surface area (Å²) in [4.78, 5) is 14.7. The van der Waals surface area contributed by atoms with Crippen LogP contribution in [0.25, 0.3) is 10.8 Å². The lowest BCUT2D eigenvalue weighted by molar-refractivity contribution is -0.0195. The minimum Gasteiger partial charge on any atom is -0.373 e. The smallest absolute Gasteiger partial charge is 0.254 e. The molecule has 0 saturated carbocycles. The normalized spacial score (nSPS) is 18.9. The average molecular weight is 284 g/mol. The van der Waals surface area contributed by atoms with Gasteiger partial charge in [0.1, 0.15) is 0 Å². The van der Waals surface area contributed by atoms with Gasteiger partial charge in [0.2, 0.25) is 0 Å². The highest BCUT2D eigenvalue weighted by Gasteiger charge is 2.25. The van der Waals surface area contributed by atoms with Crippen LogP contribution in [-0.2, 0) is 4.74 Å². The summed E-state index contributed by atoms with van der Waals surface area (Å²) in [6.45, 7) is 2.66. The second-order valence-corrected chi connectivity index (χ2v) is 5.33. The molecule has 3 rings (SSSR count). The van der Waals surface area contributed by atoms with Crippen molar-refractivity contribution in [2.75, 3.05) is 33.3 Å². The Morgan fingerprint density at radius 3 is 2.95 bits per heavy atom. The van der Waals surface area contributed by atoms with Gasteiger partial charge in [0.05, 0.1) is 12.7 Å². The Morgan fingerprint density at radius 2 is 2.10 bits per heavy atom. The van der Waals surface area contributed by atoms with Crippen molar-refractivity contribution < 1.29 is 9.53 Å². The molecule has 2 aromatic rings. The van der Waals surface area contributed by atoms with Crippen LogP contribution in [0.3, 0.4) is 0 Å². The first-order valence-electron chi connectivity index (χ1n) is 7.33. The van der Waals surface area contributed by atoms with Gasteiger partial charge in [-0.2, -0.15) is 0 Å². The van der Waals surface area contributed by atoms with E-state index in [1.165, 1.54) is 0 Å². The quantitative estimate of drug-likeness (QED) is 0.936. The highest BCUT2D eigenvalue weighted by molar-refractivity contribution is 6.07. The summed E-state index contributed by atoms with van der Waals surface area (Å²) in [7, 11) is 1.90. The average Bonchev–Trinajstić information content (AvgIpc) is 2.54. The molecular formula is C17H20N2O2. The molecule has 1 unspecified atom stereocenters. The first kappa shape index (κ1) is 14.0. The second-order valence-electron chi connectivity index (χ2n) is 5.33. The van der Waals surface area contributed by atoms with Crippen LogP contribution in [0.5, 0.6) is 0 Å². The number of hydrogen-bond acceptors (Lipinski definition) is 3. The summed E-state index contributed by atoms with van der Waals surface area (Å²) < 4.78 is 5.67. The van der Waals surface area contributed by atoms with Gasteiger partial charge >= 0.3 is 0 Å². The predicted octanol–water partition coefficient (Wildman–Crippen LogP) is 1.90. The van der Waals surface area contributed by atoms with Crippen LogP contribution < -0.4 is 5.32 Å². The van der Waals surface area contributed by atoms with E-state index in [1.54, 1.807) is 0 Å². The second kappa shape index (κ2) is 6.24. The van der Waals surface area contributed by atoms with Crippen LogP contribution in [0.1, 0.15) is 10.4 Å². The Morgan fingerprint density at radius 1 is 1.29 bits per heavy atom. The first-order chi connectivity index (χ1) is 10.3. The van der Waals surface area contributed by atoms with Crippen LogP contribution in [0.2, 0.25) is 0 Å². The van der Waals surface area contributed by atoms with Gasteiger partial charge in [-0.1, -0.05) is 36.4 Å². The SMILES string of the molecule is CNCC1CN(C(=O)c2cccc3ccccc23)CCO1. The van der Waals surface area contributed by atoms with Gasteiger partial charge in [0.25, 0.3) is 5.91 Å². The van der Waals surface area contributed by atoms with Gasteiger partial charge in [-0.25, -0.2) is 0 Å². The molecule has 1 fully saturated rings. The van der Waals surface area contributed by atoms with E-state index < -0.39 is 0 Å². The summed E-state index contributed by atoms with van der Waals surface area (Å²) in [5.41, 5.74) is 0.776. The van der Waals surface area contributed by atoms with Crippen molar-refractivity contribution in [3.05, 3.63) is 48.0 Å². The molecular weight excluding hydrogens is 264 g/mol. The third-order valence-electron chi connectivity index (χ3n) is 3.88. The Labute approximate surface area is 124 Å². The molecule has 1 saturated heterocycles. The van der Waals surface area contributed by atoms with Gasteiger partial charge < -0.3 is 15.0 Å². The zero-order valence-corrected chi connectivity index (χ0v) is 12.2. The lowest BCUT2D eigenvalue weighted by Gasteiger charge is -2.33. The minimum absolute atomic E-state index is 0.0719. The van der Waals surface area contributed by atoms with E-state index >= 15 is 0 Å². The molecule has 1 atom stereocenters. The molecule has 0 aliphatic carbocycles. The molecule has 1 aliphatic heterocycles. The zero-order valence-electron chi connectivity index (χ0n) is 12.2. The summed E-state index contributed by atoms with van der Waals surface area (Å²) in [5.74, 6) is 0.0937. The summed E-state index contributed by atoms with van der Waals surface area (Å²) >= 11 is 0. The Balaban J connectivity index is 1.86. The molecule has 1 aliphatic rings. The number of ether oxygens (including phenoxy) is 1. The third kappa shape index (κ3) is 2.91. The molecule has 0 radical (unpaired) electrons. The third-order valence-corrected chi connectivity index (χ3v) is 3.88. The molecule has 1 amide bonds. The number of carbonyl (C=O) groups excluding carboxylic acids is 1. The molecule has 0 spiro atoms. The summed E-state index contributed by atoms with van der Waals surface area (Å²) in [6.07, 6.45) is 0.0719. The number of nitrogens with one attached hydrogen (secondary N) is 1. The van der Waals surface area contributed by atoms with Gasteiger partial charge in [-0.05, 0) is 23.9 Å². The van der Waals surface area contributed by atoms with Crippen LogP contribution in [0.4, 0.5) is 0 Å². The molecule has 4 nitrogen and oxygen atoms in total. The standard InChI is InChI=1S/C17H20N2O2/c1-18-11-14-12-19(9-10-21-14)17(20)16-8-4-6-13-5-2-3-7-15(13)16/h2-8,14,18H,9-12H2,1H3. The van der Waals surface area contributed by atoms with Crippen molar-refractivity contribution in [1.82, 2.24) is 10.2 Å². The van der Waals surface area contributed by atoms with E-state index in [9.17, 15) is 4.79 Å². The van der Waals surface area contributed by atoms with Crippen molar-refractivity contribution in [3.63, 3.8) is 0 Å². The molecule has 1 heterocycles. The van der Waals surface area contributed by atoms with Crippen molar-refractivity contribution in [2.45, 2.75) is 6.10 Å². The molecule has 0 bridgehead atoms. The van der Waals surface area contributed by atoms with Crippen molar-refractivity contribution >= 4 is 16.7 Å². The number of fused-ring (bicyclic) bond motifs is 1. The van der Waals surface area contributed by atoms with E-state index in [2.05, 4.69) is 5.32 Å². The number of benzene rings is 2. The first-order valence-corrected chi connectivity index (χ1v) is 7.33. The molecule has 1 N–H and O–H groups in total. The number of likely N-dealkylation sites (N-methyl/N-ethyl adjacent to an activating group) is 1. The van der Waals surface area contributed by atoms with Crippen molar-refractivity contribution in [2.24, 2.45) is 0 Å². The number of amides is 1. The molecule has 0 aromatic heterocycles. The molecule has 2 aromatic carbocycles. The number of carbonyl (C=O) groups is 1. The van der Waals surface area contributed by atoms with Crippen molar-refractivity contribution in [3.8, 4) is 0 Å². The summed E-state index contributed by atoms with van der Waals surface area (Å²) in [6, 6.07) is 13.9. The molecule has 4 heteroatoms. The maximum atomic E-state index is 12.8. The fourth-order valence-electron chi connectivity index (χ4n) is 2.84. The fraction of sp³-hybridized carbons (Fsp3) is 0.353. The number of nitrogens with zero attached hydrogens (tertiary/aromatic N) is 1. The highest BCUT2D eigenvalue weighted by atomic mass is 16.5. The van der Waals surface area contributed by atoms with E-state index in [4.69, 9.17) is 4.74 Å². The van der Waals surface area contributed by atoms with E-state index in [1.807, 2.05) is 54.4 Å². The predicted molar refractivity (Wildman–Crippen MR) is 83.5 cm³/mol. The van der Waals surface area contributed by atoms with Gasteiger partial charge in [-0.3, -0.25) is 4.79 Å². The van der Waals surface area contributed by atoms with E-state index in [0.29, 0.717) is 19.7 Å². The maximum absolute atomic E-state index is 12.8. The topological polar surface area (TPSA) is 41.6 Å². The molecule has 110 valence electrons. The van der Waals surface area contributed by atoms with Crippen LogP contribution >= 0.6 is 0 Å². The van der Waals surface area contributed by atoms with Gasteiger partial charge in [0, 0.05) is 25.2 Å². The Kier molecular flexibility index (Phi) is 4.18. The van der Waals surface area contributed by atoms with Gasteiger partial charge in [-0.15, -0.1) is 0 Å². The number of rotatable bonds is 3. The maximum Gasteiger partial charge on any atom is 0.254 e. The van der Waals surface area contributed by atoms with E-state index in [-0.39, 0.29) is 12.0 Å². The number of morpholine rings is 1. The van der Waals surface area contributed by atoms with E-state index in [0.717, 1.165) is 22.9 Å². The fourth-order valence-corrected chi connectivity index (χ4v) is 2.84. The lowest BCUT2D eigenvalue weighted by atomic mass is 10.0. The van der Waals surface area contributed by atoms with Crippen LogP contribution in [0, 0.1) is 0 Å². The Hall–Kier alpha value is -1.91.